The van der Waals surface area contributed by atoms with Gasteiger partial charge in [0, 0.05) is 5.69 Å². The van der Waals surface area contributed by atoms with Crippen molar-refractivity contribution in [3.8, 4) is 0 Å². The Hall–Kier alpha value is -3.33. The minimum Gasteiger partial charge on any atom is -0.382 e. The highest BCUT2D eigenvalue weighted by atomic mass is 14.9. The molecule has 1 aromatic heterocycles. The summed E-state index contributed by atoms with van der Waals surface area (Å²) in [6.07, 6.45) is 4.06. The average molecular weight is 334 g/mol. The summed E-state index contributed by atoms with van der Waals surface area (Å²) in [5.74, 6) is 0. The summed E-state index contributed by atoms with van der Waals surface area (Å²) >= 11 is 0. The monoisotopic (exact) mass is 334 g/mol. The van der Waals surface area contributed by atoms with Crippen molar-refractivity contribution in [2.45, 2.75) is 0 Å². The second-order valence-corrected chi connectivity index (χ2v) is 6.16. The Morgan fingerprint density at radius 2 is 1.15 bits per heavy atom. The van der Waals surface area contributed by atoms with Gasteiger partial charge in [-0.15, -0.1) is 0 Å². The van der Waals surface area contributed by atoms with Crippen molar-refractivity contribution >= 4 is 29.7 Å². The van der Waals surface area contributed by atoms with E-state index >= 15 is 0 Å². The molecule has 0 bridgehead atoms. The predicted molar refractivity (Wildman–Crippen MR) is 111 cm³/mol. The van der Waals surface area contributed by atoms with Gasteiger partial charge in [-0.05, 0) is 30.5 Å². The van der Waals surface area contributed by atoms with Crippen LogP contribution in [0.4, 0.5) is 5.69 Å². The van der Waals surface area contributed by atoms with E-state index in [-0.39, 0.29) is 6.85 Å². The maximum absolute atomic E-state index is 4.63. The fourth-order valence-corrected chi connectivity index (χ4v) is 3.19. The van der Waals surface area contributed by atoms with Crippen LogP contribution in [0.1, 0.15) is 5.69 Å². The molecule has 3 aromatic carbocycles. The Morgan fingerprint density at radius 3 is 1.73 bits per heavy atom. The van der Waals surface area contributed by atoms with E-state index in [0.717, 1.165) is 11.4 Å². The lowest BCUT2D eigenvalue weighted by Gasteiger charge is -2.18. The van der Waals surface area contributed by atoms with Crippen molar-refractivity contribution < 1.29 is 0 Å². The molecule has 0 aliphatic rings. The van der Waals surface area contributed by atoms with Crippen LogP contribution in [0.3, 0.4) is 0 Å². The van der Waals surface area contributed by atoms with Crippen LogP contribution in [0.5, 0.6) is 0 Å². The molecule has 0 spiro atoms. The fourth-order valence-electron chi connectivity index (χ4n) is 3.19. The Balaban J connectivity index is 1.76. The summed E-state index contributed by atoms with van der Waals surface area (Å²) in [6.45, 7) is 0.115. The predicted octanol–water partition coefficient (Wildman–Crippen LogP) is 3.89. The largest absolute Gasteiger partial charge is 0.382 e. The molecular weight excluding hydrogens is 315 g/mol. The fraction of sp³-hybridized carbons (Fsp3) is 0. The molecule has 0 amide bonds. The van der Waals surface area contributed by atoms with Gasteiger partial charge in [0.05, 0.1) is 11.9 Å². The highest BCUT2D eigenvalue weighted by Gasteiger charge is 2.22. The van der Waals surface area contributed by atoms with Crippen molar-refractivity contribution in [2.24, 2.45) is 4.99 Å². The van der Waals surface area contributed by atoms with Gasteiger partial charge in [-0.2, -0.15) is 0 Å². The van der Waals surface area contributed by atoms with Crippen LogP contribution in [-0.4, -0.2) is 17.5 Å². The molecule has 0 aliphatic heterocycles. The molecule has 26 heavy (non-hydrogen) atoms. The molecule has 0 unspecified atom stereocenters. The summed E-state index contributed by atoms with van der Waals surface area (Å²) < 4.78 is 2.27. The SMILES string of the molecule is C(=Nc1ccccc1)c1cccn1B(c1ccccc1)c1ccccc1. The first-order valence-corrected chi connectivity index (χ1v) is 8.78. The van der Waals surface area contributed by atoms with Gasteiger partial charge in [0.25, 0.3) is 0 Å². The van der Waals surface area contributed by atoms with Gasteiger partial charge >= 0.3 is 6.85 Å². The lowest BCUT2D eigenvalue weighted by atomic mass is 9.50. The number of rotatable bonds is 5. The minimum absolute atomic E-state index is 0.115. The number of hydrogen-bond donors (Lipinski definition) is 0. The Bertz CT molecular complexity index is 937. The first-order chi connectivity index (χ1) is 12.9. The van der Waals surface area contributed by atoms with Crippen molar-refractivity contribution in [3.05, 3.63) is 115 Å². The number of aliphatic imine (C=N–C) groups is 1. The summed E-state index contributed by atoms with van der Waals surface area (Å²) in [6, 6.07) is 35.4. The van der Waals surface area contributed by atoms with Crippen LogP contribution in [0, 0.1) is 0 Å². The van der Waals surface area contributed by atoms with Crippen molar-refractivity contribution in [1.82, 2.24) is 4.48 Å². The zero-order chi connectivity index (χ0) is 17.6. The van der Waals surface area contributed by atoms with E-state index in [2.05, 4.69) is 88.5 Å². The van der Waals surface area contributed by atoms with E-state index < -0.39 is 0 Å². The maximum Gasteiger partial charge on any atom is 0.327 e. The molecule has 0 N–H and O–H groups in total. The Morgan fingerprint density at radius 1 is 0.615 bits per heavy atom. The zero-order valence-electron chi connectivity index (χ0n) is 14.4. The number of para-hydroxylation sites is 1. The van der Waals surface area contributed by atoms with Gasteiger partial charge in [-0.1, -0.05) is 89.8 Å². The highest BCUT2D eigenvalue weighted by molar-refractivity contribution is 6.84. The van der Waals surface area contributed by atoms with E-state index in [1.54, 1.807) is 0 Å². The molecule has 4 aromatic rings. The van der Waals surface area contributed by atoms with Gasteiger partial charge in [-0.3, -0.25) is 4.99 Å². The van der Waals surface area contributed by atoms with E-state index in [0.29, 0.717) is 0 Å². The first-order valence-electron chi connectivity index (χ1n) is 8.78. The standard InChI is InChI=1S/C23H19BN2/c1-4-11-20(12-5-1)24(21-13-6-2-7-14-21)26-18-10-17-23(26)19-25-22-15-8-3-9-16-22/h1-19H. The molecule has 0 atom stereocenters. The van der Waals surface area contributed by atoms with Crippen LogP contribution in [0.2, 0.25) is 0 Å². The maximum atomic E-state index is 4.63. The van der Waals surface area contributed by atoms with Crippen LogP contribution < -0.4 is 10.9 Å². The third kappa shape index (κ3) is 3.52. The molecule has 0 fully saturated rings. The molecule has 3 heteroatoms. The molecule has 4 rings (SSSR count). The van der Waals surface area contributed by atoms with Gasteiger partial charge in [0.2, 0.25) is 0 Å². The summed E-state index contributed by atoms with van der Waals surface area (Å²) in [7, 11) is 0. The van der Waals surface area contributed by atoms with Gasteiger partial charge < -0.3 is 4.48 Å². The Kier molecular flexibility index (Phi) is 4.79. The van der Waals surface area contributed by atoms with E-state index in [1.807, 2.05) is 36.5 Å². The number of nitrogens with zero attached hydrogens (tertiary/aromatic N) is 2. The molecule has 0 saturated heterocycles. The summed E-state index contributed by atoms with van der Waals surface area (Å²) in [5, 5.41) is 0. The molecular formula is C23H19BN2. The van der Waals surface area contributed by atoms with Gasteiger partial charge in [0.15, 0.2) is 0 Å². The van der Waals surface area contributed by atoms with Crippen molar-refractivity contribution in [2.75, 3.05) is 0 Å². The third-order valence-corrected chi connectivity index (χ3v) is 4.42. The Labute approximate surface area is 154 Å². The minimum atomic E-state index is 0.115. The molecule has 0 saturated carbocycles. The van der Waals surface area contributed by atoms with Crippen LogP contribution in [0.15, 0.2) is 114 Å². The second kappa shape index (κ2) is 7.71. The van der Waals surface area contributed by atoms with Crippen molar-refractivity contribution in [1.29, 1.82) is 0 Å². The number of hydrogen-bond acceptors (Lipinski definition) is 1. The average Bonchev–Trinajstić information content (AvgIpc) is 3.17. The molecule has 124 valence electrons. The lowest BCUT2D eigenvalue weighted by Crippen LogP contribution is -2.49. The smallest absolute Gasteiger partial charge is 0.327 e. The number of aromatic nitrogens is 1. The van der Waals surface area contributed by atoms with Gasteiger partial charge in [-0.25, -0.2) is 0 Å². The number of benzene rings is 3. The highest BCUT2D eigenvalue weighted by Crippen LogP contribution is 2.11. The molecule has 1 heterocycles. The second-order valence-electron chi connectivity index (χ2n) is 6.16. The van der Waals surface area contributed by atoms with Gasteiger partial charge in [0.1, 0.15) is 0 Å². The molecule has 2 nitrogen and oxygen atoms in total. The molecule has 0 radical (unpaired) electrons. The van der Waals surface area contributed by atoms with E-state index in [9.17, 15) is 0 Å². The van der Waals surface area contributed by atoms with Crippen LogP contribution in [-0.2, 0) is 0 Å². The molecule has 0 aliphatic carbocycles. The summed E-state index contributed by atoms with van der Waals surface area (Å²) in [4.78, 5) is 4.63. The lowest BCUT2D eigenvalue weighted by molar-refractivity contribution is 1.20. The quantitative estimate of drug-likeness (QED) is 0.389. The van der Waals surface area contributed by atoms with Crippen LogP contribution in [0.25, 0.3) is 0 Å². The summed E-state index contributed by atoms with van der Waals surface area (Å²) in [5.41, 5.74) is 4.54. The normalized spacial score (nSPS) is 10.9. The van der Waals surface area contributed by atoms with Crippen LogP contribution >= 0.6 is 0 Å². The third-order valence-electron chi connectivity index (χ3n) is 4.42. The van der Waals surface area contributed by atoms with E-state index in [1.165, 1.54) is 10.9 Å². The first kappa shape index (κ1) is 16.2. The van der Waals surface area contributed by atoms with Crippen molar-refractivity contribution in [3.63, 3.8) is 0 Å². The van der Waals surface area contributed by atoms with E-state index in [4.69, 9.17) is 0 Å². The zero-order valence-corrected chi connectivity index (χ0v) is 14.4. The topological polar surface area (TPSA) is 17.3 Å².